The van der Waals surface area contributed by atoms with Crippen molar-refractivity contribution in [1.29, 1.82) is 0 Å². The Morgan fingerprint density at radius 3 is 2.29 bits per heavy atom. The van der Waals surface area contributed by atoms with E-state index in [0.29, 0.717) is 0 Å². The Bertz CT molecular complexity index is 119. The Labute approximate surface area is 95.9 Å². The van der Waals surface area contributed by atoms with Gasteiger partial charge in [0, 0.05) is 18.4 Å². The number of ether oxygens (including phenoxy) is 1. The molecule has 86 valence electrons. The smallest absolute Gasteiger partial charge is 0.0594 e. The number of alkyl halides is 1. The highest BCUT2D eigenvalue weighted by molar-refractivity contribution is 9.09. The lowest BCUT2D eigenvalue weighted by atomic mass is 10.2. The summed E-state index contributed by atoms with van der Waals surface area (Å²) in [6.07, 6.45) is 5.43. The molecule has 0 atom stereocenters. The lowest BCUT2D eigenvalue weighted by Crippen LogP contribution is -2.36. The summed E-state index contributed by atoms with van der Waals surface area (Å²) in [5.41, 5.74) is 0. The standard InChI is InChI=1S/C10H20BrNO.H3N/c11-5-3-1-2-4-6-12-7-9-13-10-8-12;/h1-10H2;1H3. The van der Waals surface area contributed by atoms with E-state index in [4.69, 9.17) is 4.74 Å². The van der Waals surface area contributed by atoms with E-state index in [1.165, 1.54) is 32.2 Å². The largest absolute Gasteiger partial charge is 0.379 e. The van der Waals surface area contributed by atoms with Crippen molar-refractivity contribution < 1.29 is 4.74 Å². The number of nitrogens with zero attached hydrogens (tertiary/aromatic N) is 1. The molecule has 0 aromatic carbocycles. The zero-order chi connectivity index (χ0) is 9.36. The van der Waals surface area contributed by atoms with Gasteiger partial charge in [-0.3, -0.25) is 4.90 Å². The van der Waals surface area contributed by atoms with Crippen LogP contribution >= 0.6 is 15.9 Å². The molecule has 0 spiro atoms. The van der Waals surface area contributed by atoms with Crippen LogP contribution in [-0.4, -0.2) is 43.1 Å². The number of hydrogen-bond donors (Lipinski definition) is 1. The van der Waals surface area contributed by atoms with Gasteiger partial charge in [-0.25, -0.2) is 0 Å². The predicted octanol–water partition coefficient (Wildman–Crippen LogP) is 2.44. The molecule has 0 saturated carbocycles. The van der Waals surface area contributed by atoms with Crippen LogP contribution in [0.25, 0.3) is 0 Å². The van der Waals surface area contributed by atoms with Gasteiger partial charge in [-0.1, -0.05) is 28.8 Å². The molecule has 1 heterocycles. The van der Waals surface area contributed by atoms with E-state index in [2.05, 4.69) is 20.8 Å². The van der Waals surface area contributed by atoms with Gasteiger partial charge in [0.25, 0.3) is 0 Å². The first kappa shape index (κ1) is 14.4. The topological polar surface area (TPSA) is 47.5 Å². The number of halogens is 1. The zero-order valence-corrected chi connectivity index (χ0v) is 10.6. The van der Waals surface area contributed by atoms with Crippen molar-refractivity contribution in [3.8, 4) is 0 Å². The Morgan fingerprint density at radius 1 is 1.00 bits per heavy atom. The highest BCUT2D eigenvalue weighted by atomic mass is 79.9. The quantitative estimate of drug-likeness (QED) is 0.594. The average Bonchev–Trinajstić information content (AvgIpc) is 2.19. The van der Waals surface area contributed by atoms with E-state index in [1.807, 2.05) is 0 Å². The fourth-order valence-electron chi connectivity index (χ4n) is 1.61. The lowest BCUT2D eigenvalue weighted by Gasteiger charge is -2.26. The summed E-state index contributed by atoms with van der Waals surface area (Å²) in [7, 11) is 0. The van der Waals surface area contributed by atoms with Crippen LogP contribution in [0.4, 0.5) is 0 Å². The maximum atomic E-state index is 5.30. The van der Waals surface area contributed by atoms with E-state index < -0.39 is 0 Å². The first-order valence-corrected chi connectivity index (χ1v) is 6.41. The van der Waals surface area contributed by atoms with Crippen LogP contribution in [-0.2, 0) is 4.74 Å². The van der Waals surface area contributed by atoms with Crippen LogP contribution in [0.3, 0.4) is 0 Å². The lowest BCUT2D eigenvalue weighted by molar-refractivity contribution is 0.0371. The van der Waals surface area contributed by atoms with E-state index in [0.717, 1.165) is 31.6 Å². The molecule has 1 saturated heterocycles. The van der Waals surface area contributed by atoms with Gasteiger partial charge in [-0.05, 0) is 19.4 Å². The number of morpholine rings is 1. The van der Waals surface area contributed by atoms with Gasteiger partial charge in [-0.2, -0.15) is 0 Å². The van der Waals surface area contributed by atoms with Crippen molar-refractivity contribution >= 4 is 15.9 Å². The van der Waals surface area contributed by atoms with Crippen molar-refractivity contribution in [3.63, 3.8) is 0 Å². The molecule has 0 aromatic heterocycles. The summed E-state index contributed by atoms with van der Waals surface area (Å²) in [4.78, 5) is 2.51. The molecule has 1 aliphatic heterocycles. The van der Waals surface area contributed by atoms with E-state index in [-0.39, 0.29) is 6.15 Å². The molecule has 1 aliphatic rings. The second-order valence-electron chi connectivity index (χ2n) is 3.56. The Balaban J connectivity index is 0.00000169. The minimum Gasteiger partial charge on any atom is -0.379 e. The Morgan fingerprint density at radius 2 is 1.64 bits per heavy atom. The van der Waals surface area contributed by atoms with Gasteiger partial charge in [0.05, 0.1) is 13.2 Å². The van der Waals surface area contributed by atoms with E-state index in [1.54, 1.807) is 0 Å². The van der Waals surface area contributed by atoms with Gasteiger partial charge < -0.3 is 10.9 Å². The zero-order valence-electron chi connectivity index (χ0n) is 9.01. The molecular weight excluding hydrogens is 244 g/mol. The first-order chi connectivity index (χ1) is 6.43. The average molecular weight is 267 g/mol. The van der Waals surface area contributed by atoms with Crippen LogP contribution in [0, 0.1) is 0 Å². The second kappa shape index (κ2) is 9.90. The Kier molecular flexibility index (Phi) is 10.2. The molecule has 0 unspecified atom stereocenters. The summed E-state index contributed by atoms with van der Waals surface area (Å²) >= 11 is 3.45. The van der Waals surface area contributed by atoms with Crippen LogP contribution in [0.5, 0.6) is 0 Å². The summed E-state index contributed by atoms with van der Waals surface area (Å²) < 4.78 is 5.30. The molecule has 4 heteroatoms. The fourth-order valence-corrected chi connectivity index (χ4v) is 2.00. The van der Waals surface area contributed by atoms with Gasteiger partial charge in [0.2, 0.25) is 0 Å². The maximum Gasteiger partial charge on any atom is 0.0594 e. The van der Waals surface area contributed by atoms with Gasteiger partial charge in [0.15, 0.2) is 0 Å². The monoisotopic (exact) mass is 266 g/mol. The predicted molar refractivity (Wildman–Crippen MR) is 64.5 cm³/mol. The van der Waals surface area contributed by atoms with Gasteiger partial charge >= 0.3 is 0 Å². The minimum atomic E-state index is 0. The van der Waals surface area contributed by atoms with Crippen molar-refractivity contribution in [2.75, 3.05) is 38.2 Å². The van der Waals surface area contributed by atoms with Crippen molar-refractivity contribution in [3.05, 3.63) is 0 Å². The number of unbranched alkanes of at least 4 members (excludes halogenated alkanes) is 3. The summed E-state index contributed by atoms with van der Waals surface area (Å²) in [5, 5.41) is 1.16. The second-order valence-corrected chi connectivity index (χ2v) is 4.35. The van der Waals surface area contributed by atoms with Gasteiger partial charge in [-0.15, -0.1) is 0 Å². The molecule has 0 bridgehead atoms. The summed E-state index contributed by atoms with van der Waals surface area (Å²) in [6, 6.07) is 0. The van der Waals surface area contributed by atoms with Crippen molar-refractivity contribution in [2.24, 2.45) is 0 Å². The maximum absolute atomic E-state index is 5.30. The molecule has 3 nitrogen and oxygen atoms in total. The molecule has 14 heavy (non-hydrogen) atoms. The molecule has 0 radical (unpaired) electrons. The van der Waals surface area contributed by atoms with E-state index >= 15 is 0 Å². The van der Waals surface area contributed by atoms with Crippen molar-refractivity contribution in [1.82, 2.24) is 11.1 Å². The van der Waals surface area contributed by atoms with Crippen LogP contribution < -0.4 is 6.15 Å². The highest BCUT2D eigenvalue weighted by Gasteiger charge is 2.08. The molecule has 3 N–H and O–H groups in total. The third-order valence-corrected chi connectivity index (χ3v) is 3.02. The van der Waals surface area contributed by atoms with E-state index in [9.17, 15) is 0 Å². The van der Waals surface area contributed by atoms with Crippen LogP contribution in [0.15, 0.2) is 0 Å². The molecule has 0 amide bonds. The molecular formula is C10H23BrN2O. The normalized spacial score (nSPS) is 17.8. The van der Waals surface area contributed by atoms with Crippen LogP contribution in [0.1, 0.15) is 25.7 Å². The third kappa shape index (κ3) is 6.76. The first-order valence-electron chi connectivity index (χ1n) is 5.29. The Hall–Kier alpha value is 0.360. The highest BCUT2D eigenvalue weighted by Crippen LogP contribution is 2.04. The molecule has 0 aromatic rings. The minimum absolute atomic E-state index is 0. The number of rotatable bonds is 6. The van der Waals surface area contributed by atoms with Crippen LogP contribution in [0.2, 0.25) is 0 Å². The SMILES string of the molecule is BrCCCCCCN1CCOCC1.N. The third-order valence-electron chi connectivity index (χ3n) is 2.46. The molecule has 1 fully saturated rings. The fraction of sp³-hybridized carbons (Fsp3) is 1.00. The molecule has 1 rings (SSSR count). The summed E-state index contributed by atoms with van der Waals surface area (Å²) in [5.74, 6) is 0. The van der Waals surface area contributed by atoms with Gasteiger partial charge in [0.1, 0.15) is 0 Å². The summed E-state index contributed by atoms with van der Waals surface area (Å²) in [6.45, 7) is 5.41. The number of hydrogen-bond acceptors (Lipinski definition) is 3. The van der Waals surface area contributed by atoms with Crippen molar-refractivity contribution in [2.45, 2.75) is 25.7 Å². The molecule has 0 aliphatic carbocycles.